The summed E-state index contributed by atoms with van der Waals surface area (Å²) in [5.74, 6) is 5.78. The van der Waals surface area contributed by atoms with Gasteiger partial charge in [-0.25, -0.2) is 0 Å². The number of methoxy groups -OCH3 is 1. The van der Waals surface area contributed by atoms with Crippen molar-refractivity contribution in [2.45, 2.75) is 31.9 Å². The first-order chi connectivity index (χ1) is 8.66. The first-order valence-corrected chi connectivity index (χ1v) is 7.01. The summed E-state index contributed by atoms with van der Waals surface area (Å²) >= 11 is 1.74. The van der Waals surface area contributed by atoms with Gasteiger partial charge < -0.3 is 4.74 Å². The number of benzene rings is 1. The highest BCUT2D eigenvalue weighted by atomic mass is 32.1. The third-order valence-electron chi connectivity index (χ3n) is 3.77. The van der Waals surface area contributed by atoms with Gasteiger partial charge in [-0.05, 0) is 35.7 Å². The van der Waals surface area contributed by atoms with Gasteiger partial charge in [-0.15, -0.1) is 11.3 Å². The summed E-state index contributed by atoms with van der Waals surface area (Å²) < 4.78 is 6.96. The van der Waals surface area contributed by atoms with E-state index in [9.17, 15) is 0 Å². The summed E-state index contributed by atoms with van der Waals surface area (Å²) in [5.41, 5.74) is 3.82. The maximum Gasteiger partial charge on any atom is 0.0855 e. The molecule has 1 aromatic carbocycles. The summed E-state index contributed by atoms with van der Waals surface area (Å²) in [6, 6.07) is 8.43. The number of fused-ring (bicyclic) bond motifs is 1. The minimum atomic E-state index is -0.312. The van der Waals surface area contributed by atoms with Gasteiger partial charge in [0.1, 0.15) is 0 Å². The zero-order valence-corrected chi connectivity index (χ0v) is 11.9. The molecule has 3 nitrogen and oxygen atoms in total. The van der Waals surface area contributed by atoms with Crippen molar-refractivity contribution in [2.24, 2.45) is 5.84 Å². The van der Waals surface area contributed by atoms with Gasteiger partial charge >= 0.3 is 0 Å². The molecule has 4 heteroatoms. The van der Waals surface area contributed by atoms with E-state index in [0.717, 1.165) is 6.42 Å². The maximum atomic E-state index is 5.78. The molecule has 0 saturated carbocycles. The molecule has 2 unspecified atom stereocenters. The molecule has 2 rings (SSSR count). The van der Waals surface area contributed by atoms with Crippen molar-refractivity contribution in [3.63, 3.8) is 0 Å². The predicted octanol–water partition coefficient (Wildman–Crippen LogP) is 3.22. The molecule has 3 N–H and O–H groups in total. The molecule has 18 heavy (non-hydrogen) atoms. The summed E-state index contributed by atoms with van der Waals surface area (Å²) in [6.45, 7) is 4.20. The molecule has 0 aliphatic carbocycles. The highest BCUT2D eigenvalue weighted by Gasteiger charge is 2.34. The van der Waals surface area contributed by atoms with Crippen LogP contribution in [0.5, 0.6) is 0 Å². The Morgan fingerprint density at radius 3 is 2.83 bits per heavy atom. The van der Waals surface area contributed by atoms with Crippen LogP contribution in [0.4, 0.5) is 0 Å². The van der Waals surface area contributed by atoms with E-state index in [-0.39, 0.29) is 11.6 Å². The van der Waals surface area contributed by atoms with Gasteiger partial charge in [0.15, 0.2) is 0 Å². The van der Waals surface area contributed by atoms with E-state index in [1.165, 1.54) is 15.6 Å². The monoisotopic (exact) mass is 264 g/mol. The Hall–Kier alpha value is -0.940. The standard InChI is InChI=1S/C14H20N2OS/c1-4-14(2,17-3)13(16-15)11-7-5-6-10-8-9-18-12(10)11/h5-9,13,16H,4,15H2,1-3H3. The summed E-state index contributed by atoms with van der Waals surface area (Å²) in [6.07, 6.45) is 0.889. The lowest BCUT2D eigenvalue weighted by Gasteiger charge is -2.35. The van der Waals surface area contributed by atoms with Crippen molar-refractivity contribution in [3.8, 4) is 0 Å². The van der Waals surface area contributed by atoms with Crippen LogP contribution in [0.3, 0.4) is 0 Å². The fourth-order valence-corrected chi connectivity index (χ4v) is 3.25. The van der Waals surface area contributed by atoms with Crippen molar-refractivity contribution in [2.75, 3.05) is 7.11 Å². The van der Waals surface area contributed by atoms with Gasteiger partial charge in [0.2, 0.25) is 0 Å². The molecule has 2 atom stereocenters. The molecule has 0 aliphatic rings. The van der Waals surface area contributed by atoms with Gasteiger partial charge in [0.25, 0.3) is 0 Å². The van der Waals surface area contributed by atoms with Crippen molar-refractivity contribution in [1.29, 1.82) is 0 Å². The summed E-state index contributed by atoms with van der Waals surface area (Å²) in [4.78, 5) is 0. The van der Waals surface area contributed by atoms with E-state index in [4.69, 9.17) is 10.6 Å². The van der Waals surface area contributed by atoms with Gasteiger partial charge in [0, 0.05) is 11.8 Å². The normalized spacial score (nSPS) is 16.7. The fraction of sp³-hybridized carbons (Fsp3) is 0.429. The number of nitrogens with two attached hydrogens (primary N) is 1. The Morgan fingerprint density at radius 1 is 1.44 bits per heavy atom. The second-order valence-electron chi connectivity index (χ2n) is 4.66. The Balaban J connectivity index is 2.53. The van der Waals surface area contributed by atoms with E-state index < -0.39 is 0 Å². The largest absolute Gasteiger partial charge is 0.376 e. The molecule has 0 spiro atoms. The van der Waals surface area contributed by atoms with Crippen LogP contribution in [0.15, 0.2) is 29.6 Å². The smallest absolute Gasteiger partial charge is 0.0855 e. The zero-order valence-electron chi connectivity index (χ0n) is 11.1. The predicted molar refractivity (Wildman–Crippen MR) is 77.6 cm³/mol. The molecule has 98 valence electrons. The second-order valence-corrected chi connectivity index (χ2v) is 5.57. The van der Waals surface area contributed by atoms with Crippen molar-refractivity contribution < 1.29 is 4.74 Å². The minimum absolute atomic E-state index is 0.0187. The average Bonchev–Trinajstić information content (AvgIpc) is 2.88. The number of hydrogen-bond acceptors (Lipinski definition) is 4. The Bertz CT molecular complexity index is 519. The second kappa shape index (κ2) is 5.36. The number of ether oxygens (including phenoxy) is 1. The molecule has 2 aromatic rings. The molecule has 1 aromatic heterocycles. The molecule has 0 amide bonds. The number of rotatable bonds is 5. The minimum Gasteiger partial charge on any atom is -0.376 e. The van der Waals surface area contributed by atoms with Crippen molar-refractivity contribution in [3.05, 3.63) is 35.2 Å². The number of hydrazine groups is 1. The average molecular weight is 264 g/mol. The number of thiophene rings is 1. The Morgan fingerprint density at radius 2 is 2.22 bits per heavy atom. The van der Waals surface area contributed by atoms with Crippen LogP contribution in [-0.4, -0.2) is 12.7 Å². The van der Waals surface area contributed by atoms with Crippen molar-refractivity contribution >= 4 is 21.4 Å². The Kier molecular flexibility index (Phi) is 4.02. The van der Waals surface area contributed by atoms with Gasteiger partial charge in [0.05, 0.1) is 11.6 Å². The van der Waals surface area contributed by atoms with E-state index in [0.29, 0.717) is 0 Å². The lowest BCUT2D eigenvalue weighted by Crippen LogP contribution is -2.45. The lowest BCUT2D eigenvalue weighted by atomic mass is 9.87. The van der Waals surface area contributed by atoms with E-state index >= 15 is 0 Å². The fourth-order valence-electron chi connectivity index (χ4n) is 2.30. The van der Waals surface area contributed by atoms with Gasteiger partial charge in [-0.2, -0.15) is 0 Å². The lowest BCUT2D eigenvalue weighted by molar-refractivity contribution is -0.0296. The molecule has 1 heterocycles. The molecule has 0 radical (unpaired) electrons. The molecule has 0 bridgehead atoms. The van der Waals surface area contributed by atoms with Crippen LogP contribution in [0.25, 0.3) is 10.1 Å². The van der Waals surface area contributed by atoms with Crippen LogP contribution < -0.4 is 11.3 Å². The van der Waals surface area contributed by atoms with Crippen LogP contribution in [0.2, 0.25) is 0 Å². The first kappa shape index (κ1) is 13.5. The van der Waals surface area contributed by atoms with Gasteiger partial charge in [-0.1, -0.05) is 25.1 Å². The molecular formula is C14H20N2OS. The molecule has 0 aliphatic heterocycles. The quantitative estimate of drug-likeness (QED) is 0.644. The van der Waals surface area contributed by atoms with E-state index in [1.807, 2.05) is 0 Å². The maximum absolute atomic E-state index is 5.78. The van der Waals surface area contributed by atoms with Crippen LogP contribution in [0, 0.1) is 0 Å². The number of nitrogens with one attached hydrogen (secondary N) is 1. The summed E-state index contributed by atoms with van der Waals surface area (Å²) in [7, 11) is 1.74. The van der Waals surface area contributed by atoms with Gasteiger partial charge in [-0.3, -0.25) is 11.3 Å². The number of hydrogen-bond donors (Lipinski definition) is 2. The van der Waals surface area contributed by atoms with Crippen LogP contribution >= 0.6 is 11.3 Å². The van der Waals surface area contributed by atoms with E-state index in [1.54, 1.807) is 18.4 Å². The van der Waals surface area contributed by atoms with Crippen LogP contribution in [0.1, 0.15) is 31.9 Å². The third-order valence-corrected chi connectivity index (χ3v) is 4.75. The SMILES string of the molecule is CCC(C)(OC)C(NN)c1cccc2ccsc12. The zero-order chi connectivity index (χ0) is 13.2. The first-order valence-electron chi connectivity index (χ1n) is 6.13. The topological polar surface area (TPSA) is 47.3 Å². The molecular weight excluding hydrogens is 244 g/mol. The summed E-state index contributed by atoms with van der Waals surface area (Å²) in [5, 5.41) is 3.37. The molecule has 0 saturated heterocycles. The van der Waals surface area contributed by atoms with Crippen molar-refractivity contribution in [1.82, 2.24) is 5.43 Å². The third kappa shape index (κ3) is 2.17. The molecule has 0 fully saturated rings. The van der Waals surface area contributed by atoms with E-state index in [2.05, 4.69) is 48.9 Å². The highest BCUT2D eigenvalue weighted by molar-refractivity contribution is 7.17. The highest BCUT2D eigenvalue weighted by Crippen LogP contribution is 2.36. The van der Waals surface area contributed by atoms with Crippen LogP contribution in [-0.2, 0) is 4.74 Å². The Labute approximate surface area is 112 Å².